The number of carbonyl (C=O) groups is 1. The molecule has 0 aliphatic heterocycles. The number of nitro groups is 1. The van der Waals surface area contributed by atoms with Crippen LogP contribution in [0.1, 0.15) is 5.56 Å². The van der Waals surface area contributed by atoms with E-state index in [1.807, 2.05) is 6.07 Å². The van der Waals surface area contributed by atoms with Crippen LogP contribution in [0.3, 0.4) is 0 Å². The van der Waals surface area contributed by atoms with Crippen molar-refractivity contribution in [2.45, 2.75) is 4.90 Å². The molecule has 0 saturated heterocycles. The lowest BCUT2D eigenvalue weighted by atomic mass is 10.1. The molecule has 3 aromatic rings. The van der Waals surface area contributed by atoms with Crippen molar-refractivity contribution >= 4 is 72.0 Å². The third kappa shape index (κ3) is 6.59. The third-order valence-electron chi connectivity index (χ3n) is 4.54. The molecule has 0 bridgehead atoms. The highest BCUT2D eigenvalue weighted by Crippen LogP contribution is 2.39. The van der Waals surface area contributed by atoms with Gasteiger partial charge >= 0.3 is 10.1 Å². The minimum Gasteiger partial charge on any atom is -0.493 e. The van der Waals surface area contributed by atoms with Crippen molar-refractivity contribution in [1.82, 2.24) is 0 Å². The van der Waals surface area contributed by atoms with Crippen molar-refractivity contribution in [1.29, 1.82) is 5.26 Å². The average Bonchev–Trinajstić information content (AvgIpc) is 2.85. The maximum absolute atomic E-state index is 12.8. The number of non-ortho nitro benzene ring substituents is 1. The number of nitrogens with one attached hydrogen (secondary N) is 1. The van der Waals surface area contributed by atoms with Crippen molar-refractivity contribution in [3.05, 3.63) is 90.0 Å². The average molecular weight is 684 g/mol. The number of hydrogen-bond acceptors (Lipinski definition) is 8. The van der Waals surface area contributed by atoms with E-state index in [0.29, 0.717) is 11.3 Å². The Kier molecular flexibility index (Phi) is 8.66. The van der Waals surface area contributed by atoms with Gasteiger partial charge in [-0.15, -0.1) is 0 Å². The van der Waals surface area contributed by atoms with E-state index in [9.17, 15) is 28.6 Å². The van der Waals surface area contributed by atoms with E-state index in [0.717, 1.165) is 21.8 Å². The highest BCUT2D eigenvalue weighted by molar-refractivity contribution is 14.1. The number of carbonyl (C=O) groups excluding carboxylic acids is 1. The standard InChI is InChI=1S/C23H15BrIN3O7S/c1-34-21-11-14(9-15(13-26)23(29)27-17-7-5-16(25)6-8-17)10-20(24)22(21)35-36(32,33)19-4-2-3-18(12-19)28(30)31/h2-12H,1H3,(H,27,29)/b15-9-. The second-order valence-corrected chi connectivity index (χ2v) is 10.6. The maximum atomic E-state index is 12.8. The maximum Gasteiger partial charge on any atom is 0.339 e. The Labute approximate surface area is 228 Å². The van der Waals surface area contributed by atoms with E-state index in [1.54, 1.807) is 24.3 Å². The third-order valence-corrected chi connectivity index (χ3v) is 7.07. The largest absolute Gasteiger partial charge is 0.493 e. The molecular weight excluding hydrogens is 669 g/mol. The van der Waals surface area contributed by atoms with E-state index in [4.69, 9.17) is 8.92 Å². The minimum absolute atomic E-state index is 0.0278. The van der Waals surface area contributed by atoms with Crippen LogP contribution >= 0.6 is 38.5 Å². The summed E-state index contributed by atoms with van der Waals surface area (Å²) in [5.41, 5.74) is 0.225. The number of rotatable bonds is 8. The highest BCUT2D eigenvalue weighted by atomic mass is 127. The van der Waals surface area contributed by atoms with Crippen molar-refractivity contribution < 1.29 is 27.1 Å². The smallest absolute Gasteiger partial charge is 0.339 e. The van der Waals surface area contributed by atoms with E-state index in [1.165, 1.54) is 31.4 Å². The zero-order chi connectivity index (χ0) is 26.5. The number of nitro benzene ring substituents is 1. The number of amides is 1. The van der Waals surface area contributed by atoms with E-state index >= 15 is 0 Å². The molecule has 0 heterocycles. The molecule has 0 aliphatic rings. The molecule has 0 saturated carbocycles. The van der Waals surface area contributed by atoms with Crippen LogP contribution in [0.4, 0.5) is 11.4 Å². The van der Waals surface area contributed by atoms with Crippen LogP contribution in [0.15, 0.2) is 75.6 Å². The highest BCUT2D eigenvalue weighted by Gasteiger charge is 2.24. The number of benzene rings is 3. The fourth-order valence-corrected chi connectivity index (χ4v) is 4.87. The molecule has 0 atom stereocenters. The second-order valence-electron chi connectivity index (χ2n) is 6.96. The van der Waals surface area contributed by atoms with Gasteiger partial charge in [0.25, 0.3) is 11.6 Å². The molecule has 0 unspecified atom stereocenters. The number of nitrogens with zero attached hydrogens (tertiary/aromatic N) is 2. The topological polar surface area (TPSA) is 149 Å². The normalized spacial score (nSPS) is 11.3. The van der Waals surface area contributed by atoms with Gasteiger partial charge in [0.2, 0.25) is 0 Å². The Bertz CT molecular complexity index is 1520. The van der Waals surface area contributed by atoms with Crippen molar-refractivity contribution in [2.24, 2.45) is 0 Å². The van der Waals surface area contributed by atoms with Gasteiger partial charge in [-0.25, -0.2) is 0 Å². The van der Waals surface area contributed by atoms with Gasteiger partial charge in [-0.3, -0.25) is 14.9 Å². The van der Waals surface area contributed by atoms with Crippen molar-refractivity contribution in [3.8, 4) is 17.6 Å². The van der Waals surface area contributed by atoms with Crippen molar-refractivity contribution in [3.63, 3.8) is 0 Å². The number of halogens is 2. The zero-order valence-corrected chi connectivity index (χ0v) is 22.8. The number of anilines is 1. The summed E-state index contributed by atoms with van der Waals surface area (Å²) < 4.78 is 37.1. The van der Waals surface area contributed by atoms with E-state index in [2.05, 4.69) is 43.8 Å². The molecule has 0 radical (unpaired) electrons. The lowest BCUT2D eigenvalue weighted by Crippen LogP contribution is -2.13. The molecule has 0 aliphatic carbocycles. The van der Waals surface area contributed by atoms with Gasteiger partial charge in [-0.2, -0.15) is 13.7 Å². The second kappa shape index (κ2) is 11.5. The molecule has 3 aromatic carbocycles. The van der Waals surface area contributed by atoms with Crippen LogP contribution in [0, 0.1) is 25.0 Å². The summed E-state index contributed by atoms with van der Waals surface area (Å²) in [4.78, 5) is 22.4. The molecule has 0 spiro atoms. The Hall–Kier alpha value is -3.48. The summed E-state index contributed by atoms with van der Waals surface area (Å²) in [5.74, 6) is -0.884. The summed E-state index contributed by atoms with van der Waals surface area (Å²) in [6, 6.07) is 16.0. The quantitative estimate of drug-likeness (QED) is 0.0842. The predicted molar refractivity (Wildman–Crippen MR) is 143 cm³/mol. The predicted octanol–water partition coefficient (Wildman–Crippen LogP) is 5.28. The molecule has 1 amide bonds. The molecule has 0 fully saturated rings. The lowest BCUT2D eigenvalue weighted by Gasteiger charge is -2.13. The number of methoxy groups -OCH3 is 1. The monoisotopic (exact) mass is 683 g/mol. The van der Waals surface area contributed by atoms with Crippen LogP contribution in [0.5, 0.6) is 11.5 Å². The molecule has 0 aromatic heterocycles. The lowest BCUT2D eigenvalue weighted by molar-refractivity contribution is -0.385. The number of nitriles is 1. The molecule has 1 N–H and O–H groups in total. The van der Waals surface area contributed by atoms with Gasteiger partial charge in [0, 0.05) is 21.4 Å². The summed E-state index contributed by atoms with van der Waals surface area (Å²) in [7, 11) is -3.19. The van der Waals surface area contributed by atoms with Gasteiger partial charge in [-0.1, -0.05) is 6.07 Å². The van der Waals surface area contributed by atoms with Crippen LogP contribution < -0.4 is 14.2 Å². The van der Waals surface area contributed by atoms with Gasteiger partial charge in [0.15, 0.2) is 11.5 Å². The van der Waals surface area contributed by atoms with Crippen molar-refractivity contribution in [2.75, 3.05) is 12.4 Å². The zero-order valence-electron chi connectivity index (χ0n) is 18.3. The van der Waals surface area contributed by atoms with Crippen LogP contribution in [-0.2, 0) is 14.9 Å². The van der Waals surface area contributed by atoms with E-state index in [-0.39, 0.29) is 21.5 Å². The molecule has 3 rings (SSSR count). The molecule has 13 heteroatoms. The summed E-state index contributed by atoms with van der Waals surface area (Å²) in [6.45, 7) is 0. The van der Waals surface area contributed by atoms with Crippen LogP contribution in [0.25, 0.3) is 6.08 Å². The molecule has 36 heavy (non-hydrogen) atoms. The Morgan fingerprint density at radius 1 is 1.19 bits per heavy atom. The minimum atomic E-state index is -4.46. The van der Waals surface area contributed by atoms with Crippen LogP contribution in [0.2, 0.25) is 0 Å². The Balaban J connectivity index is 1.92. The summed E-state index contributed by atoms with van der Waals surface area (Å²) in [6.07, 6.45) is 1.30. The number of ether oxygens (including phenoxy) is 1. The molecule has 184 valence electrons. The first-order valence-corrected chi connectivity index (χ1v) is 13.1. The molecular formula is C23H15BrIN3O7S. The fourth-order valence-electron chi connectivity index (χ4n) is 2.86. The SMILES string of the molecule is COc1cc(/C=C(/C#N)C(=O)Nc2ccc(I)cc2)cc(Br)c1OS(=O)(=O)c1cccc([N+](=O)[O-])c1. The van der Waals surface area contributed by atoms with E-state index < -0.39 is 31.5 Å². The van der Waals surface area contributed by atoms with Crippen LogP contribution in [-0.4, -0.2) is 26.4 Å². The van der Waals surface area contributed by atoms with Gasteiger partial charge < -0.3 is 14.2 Å². The summed E-state index contributed by atoms with van der Waals surface area (Å²) in [5, 5.41) is 23.1. The fraction of sp³-hybridized carbons (Fsp3) is 0.0435. The Morgan fingerprint density at radius 3 is 2.50 bits per heavy atom. The summed E-state index contributed by atoms with van der Waals surface area (Å²) >= 11 is 5.35. The first-order valence-electron chi connectivity index (χ1n) is 9.79. The number of hydrogen-bond donors (Lipinski definition) is 1. The first-order chi connectivity index (χ1) is 17.0. The molecule has 10 nitrogen and oxygen atoms in total. The Morgan fingerprint density at radius 2 is 1.89 bits per heavy atom. The van der Waals surface area contributed by atoms with Gasteiger partial charge in [0.05, 0.1) is 16.5 Å². The van der Waals surface area contributed by atoms with Gasteiger partial charge in [-0.05, 0) is 92.6 Å². The first kappa shape index (κ1) is 27.1. The van der Waals surface area contributed by atoms with Gasteiger partial charge in [0.1, 0.15) is 16.5 Å².